The molecule has 0 aliphatic carbocycles. The third-order valence-corrected chi connectivity index (χ3v) is 3.96. The number of rotatable bonds is 6. The lowest BCUT2D eigenvalue weighted by atomic mass is 10.1. The predicted octanol–water partition coefficient (Wildman–Crippen LogP) is 4.66. The average Bonchev–Trinajstić information content (AvgIpc) is 2.91. The molecule has 20 heavy (non-hydrogen) atoms. The minimum atomic E-state index is -0.474. The Balaban J connectivity index is 2.24. The van der Waals surface area contributed by atoms with Gasteiger partial charge in [-0.1, -0.05) is 31.0 Å². The fourth-order valence-electron chi connectivity index (χ4n) is 1.91. The molecule has 5 nitrogen and oxygen atoms in total. The van der Waals surface area contributed by atoms with Crippen molar-refractivity contribution in [3.63, 3.8) is 0 Å². The van der Waals surface area contributed by atoms with Crippen LogP contribution in [0.4, 0.5) is 11.5 Å². The third-order valence-electron chi connectivity index (χ3n) is 2.78. The van der Waals surface area contributed by atoms with Crippen LogP contribution in [-0.4, -0.2) is 9.91 Å². The zero-order chi connectivity index (χ0) is 14.5. The van der Waals surface area contributed by atoms with Gasteiger partial charge >= 0.3 is 0 Å². The summed E-state index contributed by atoms with van der Waals surface area (Å²) in [5.41, 5.74) is -0.0612. The van der Waals surface area contributed by atoms with Gasteiger partial charge in [0.15, 0.2) is 0 Å². The molecule has 0 saturated heterocycles. The SMILES string of the molecule is CCCC(Nc1cc([N+](=O)[O-])cc(Cl)n1)c1cccs1. The summed E-state index contributed by atoms with van der Waals surface area (Å²) < 4.78 is 0. The zero-order valence-corrected chi connectivity index (χ0v) is 12.4. The van der Waals surface area contributed by atoms with Crippen LogP contribution in [0, 0.1) is 10.1 Å². The first kappa shape index (κ1) is 14.7. The standard InChI is InChI=1S/C13H14ClN3O2S/c1-2-4-10(11-5-3-6-20-11)15-13-8-9(17(18)19)7-12(14)16-13/h3,5-8,10H,2,4H2,1H3,(H,15,16). The van der Waals surface area contributed by atoms with Gasteiger partial charge in [0.25, 0.3) is 5.69 Å². The van der Waals surface area contributed by atoms with Crippen LogP contribution in [0.3, 0.4) is 0 Å². The molecule has 0 bridgehead atoms. The Morgan fingerprint density at radius 3 is 2.95 bits per heavy atom. The van der Waals surface area contributed by atoms with E-state index < -0.39 is 4.92 Å². The van der Waals surface area contributed by atoms with Gasteiger partial charge < -0.3 is 5.32 Å². The third kappa shape index (κ3) is 3.68. The monoisotopic (exact) mass is 311 g/mol. The van der Waals surface area contributed by atoms with E-state index >= 15 is 0 Å². The van der Waals surface area contributed by atoms with E-state index in [-0.39, 0.29) is 16.9 Å². The van der Waals surface area contributed by atoms with Crippen LogP contribution >= 0.6 is 22.9 Å². The Morgan fingerprint density at radius 1 is 1.55 bits per heavy atom. The Bertz CT molecular complexity index is 589. The second-order valence-electron chi connectivity index (χ2n) is 4.29. The Kier molecular flexibility index (Phi) is 4.92. The number of hydrogen-bond donors (Lipinski definition) is 1. The number of aromatic nitrogens is 1. The summed E-state index contributed by atoms with van der Waals surface area (Å²) in [4.78, 5) is 15.6. The van der Waals surface area contributed by atoms with Gasteiger partial charge in [-0.2, -0.15) is 0 Å². The summed E-state index contributed by atoms with van der Waals surface area (Å²) in [6.45, 7) is 2.09. The highest BCUT2D eigenvalue weighted by Gasteiger charge is 2.15. The maximum atomic E-state index is 10.8. The number of nitrogens with one attached hydrogen (secondary N) is 1. The van der Waals surface area contributed by atoms with Gasteiger partial charge in [0.1, 0.15) is 11.0 Å². The van der Waals surface area contributed by atoms with Crippen LogP contribution in [0.15, 0.2) is 29.6 Å². The van der Waals surface area contributed by atoms with Crippen LogP contribution in [0.25, 0.3) is 0 Å². The molecule has 0 aromatic carbocycles. The second kappa shape index (κ2) is 6.67. The van der Waals surface area contributed by atoms with Crippen molar-refractivity contribution in [2.24, 2.45) is 0 Å². The molecule has 2 aromatic heterocycles. The molecule has 1 atom stereocenters. The first-order chi connectivity index (χ1) is 9.60. The number of halogens is 1. The van der Waals surface area contributed by atoms with Crippen molar-refractivity contribution < 1.29 is 4.92 Å². The fraction of sp³-hybridized carbons (Fsp3) is 0.308. The molecule has 1 N–H and O–H groups in total. The van der Waals surface area contributed by atoms with Crippen molar-refractivity contribution in [2.45, 2.75) is 25.8 Å². The number of pyridine rings is 1. The van der Waals surface area contributed by atoms with E-state index in [2.05, 4.69) is 17.2 Å². The molecular weight excluding hydrogens is 298 g/mol. The molecule has 7 heteroatoms. The second-order valence-corrected chi connectivity index (χ2v) is 5.66. The van der Waals surface area contributed by atoms with Crippen molar-refractivity contribution in [2.75, 3.05) is 5.32 Å². The maximum Gasteiger partial charge on any atom is 0.276 e. The van der Waals surface area contributed by atoms with E-state index in [1.807, 2.05) is 17.5 Å². The van der Waals surface area contributed by atoms with E-state index in [9.17, 15) is 10.1 Å². The Labute approximate surface area is 125 Å². The first-order valence-electron chi connectivity index (χ1n) is 6.22. The molecule has 0 radical (unpaired) electrons. The van der Waals surface area contributed by atoms with E-state index in [1.165, 1.54) is 17.0 Å². The van der Waals surface area contributed by atoms with Gasteiger partial charge in [0.2, 0.25) is 0 Å². The molecule has 0 aliphatic heterocycles. The van der Waals surface area contributed by atoms with Gasteiger partial charge in [-0.25, -0.2) is 4.98 Å². The number of nitro groups is 1. The molecule has 0 amide bonds. The lowest BCUT2D eigenvalue weighted by Gasteiger charge is -2.17. The van der Waals surface area contributed by atoms with Crippen molar-refractivity contribution >= 4 is 34.4 Å². The normalized spacial score (nSPS) is 12.1. The van der Waals surface area contributed by atoms with Crippen molar-refractivity contribution in [3.8, 4) is 0 Å². The summed E-state index contributed by atoms with van der Waals surface area (Å²) in [7, 11) is 0. The summed E-state index contributed by atoms with van der Waals surface area (Å²) in [6, 6.07) is 6.76. The van der Waals surface area contributed by atoms with Crippen LogP contribution in [0.5, 0.6) is 0 Å². The molecule has 0 aliphatic rings. The van der Waals surface area contributed by atoms with Gasteiger partial charge in [-0.05, 0) is 17.9 Å². The highest BCUT2D eigenvalue weighted by molar-refractivity contribution is 7.10. The highest BCUT2D eigenvalue weighted by atomic mass is 35.5. The zero-order valence-electron chi connectivity index (χ0n) is 10.9. The minimum absolute atomic E-state index is 0.0612. The Hall–Kier alpha value is -1.66. The summed E-state index contributed by atoms with van der Waals surface area (Å²) >= 11 is 7.47. The quantitative estimate of drug-likeness (QED) is 0.478. The van der Waals surface area contributed by atoms with Gasteiger partial charge in [0.05, 0.1) is 23.1 Å². The first-order valence-corrected chi connectivity index (χ1v) is 7.48. The average molecular weight is 312 g/mol. The molecule has 0 spiro atoms. The Morgan fingerprint density at radius 2 is 2.35 bits per heavy atom. The maximum absolute atomic E-state index is 10.8. The van der Waals surface area contributed by atoms with Gasteiger partial charge in [-0.3, -0.25) is 10.1 Å². The van der Waals surface area contributed by atoms with Crippen LogP contribution in [0.2, 0.25) is 5.15 Å². The lowest BCUT2D eigenvalue weighted by molar-refractivity contribution is -0.384. The van der Waals surface area contributed by atoms with E-state index in [1.54, 1.807) is 11.3 Å². The van der Waals surface area contributed by atoms with E-state index in [0.29, 0.717) is 5.82 Å². The number of anilines is 1. The predicted molar refractivity (Wildman–Crippen MR) is 81.5 cm³/mol. The van der Waals surface area contributed by atoms with Crippen molar-refractivity contribution in [3.05, 3.63) is 49.8 Å². The molecule has 106 valence electrons. The van der Waals surface area contributed by atoms with Gasteiger partial charge in [-0.15, -0.1) is 11.3 Å². The van der Waals surface area contributed by atoms with Crippen LogP contribution in [-0.2, 0) is 0 Å². The van der Waals surface area contributed by atoms with Crippen LogP contribution < -0.4 is 5.32 Å². The largest absolute Gasteiger partial charge is 0.362 e. The van der Waals surface area contributed by atoms with Gasteiger partial charge in [0, 0.05) is 4.88 Å². The fourth-order valence-corrected chi connectivity index (χ4v) is 2.92. The van der Waals surface area contributed by atoms with E-state index in [0.717, 1.165) is 12.8 Å². The lowest BCUT2D eigenvalue weighted by Crippen LogP contribution is -2.10. The number of thiophene rings is 1. The van der Waals surface area contributed by atoms with Crippen molar-refractivity contribution in [1.82, 2.24) is 4.98 Å². The summed E-state index contributed by atoms with van der Waals surface area (Å²) in [5.74, 6) is 0.427. The molecule has 1 unspecified atom stereocenters. The molecule has 2 heterocycles. The molecule has 2 aromatic rings. The minimum Gasteiger partial charge on any atom is -0.362 e. The van der Waals surface area contributed by atoms with Crippen molar-refractivity contribution in [1.29, 1.82) is 0 Å². The number of hydrogen-bond acceptors (Lipinski definition) is 5. The molecular formula is C13H14ClN3O2S. The van der Waals surface area contributed by atoms with E-state index in [4.69, 9.17) is 11.6 Å². The highest BCUT2D eigenvalue weighted by Crippen LogP contribution is 2.29. The van der Waals surface area contributed by atoms with Crippen LogP contribution in [0.1, 0.15) is 30.7 Å². The molecule has 0 saturated carbocycles. The smallest absolute Gasteiger partial charge is 0.276 e. The summed E-state index contributed by atoms with van der Waals surface area (Å²) in [6.07, 6.45) is 1.92. The molecule has 2 rings (SSSR count). The number of nitrogens with zero attached hydrogens (tertiary/aromatic N) is 2. The molecule has 0 fully saturated rings. The topological polar surface area (TPSA) is 68.1 Å². The summed E-state index contributed by atoms with van der Waals surface area (Å²) in [5, 5.41) is 16.2.